The Kier molecular flexibility index (Phi) is 5.10. The third-order valence-electron chi connectivity index (χ3n) is 3.11. The smallest absolute Gasteiger partial charge is 0.232 e. The van der Waals surface area contributed by atoms with Crippen molar-refractivity contribution >= 4 is 15.7 Å². The second-order valence-corrected chi connectivity index (χ2v) is 6.94. The Labute approximate surface area is 121 Å². The first-order chi connectivity index (χ1) is 9.87. The van der Waals surface area contributed by atoms with Gasteiger partial charge in [0.2, 0.25) is 10.0 Å². The molecule has 1 aliphatic rings. The number of benzene rings is 1. The highest BCUT2D eigenvalue weighted by atomic mass is 32.2. The van der Waals surface area contributed by atoms with Crippen molar-refractivity contribution in [1.82, 2.24) is 5.32 Å². The summed E-state index contributed by atoms with van der Waals surface area (Å²) in [4.78, 5) is 0. The molecule has 0 heterocycles. The van der Waals surface area contributed by atoms with E-state index in [1.807, 2.05) is 4.72 Å². The fourth-order valence-electron chi connectivity index (χ4n) is 1.86. The Balaban J connectivity index is 1.85. The minimum atomic E-state index is -3.86. The molecule has 0 spiro atoms. The van der Waals surface area contributed by atoms with E-state index in [1.54, 1.807) is 0 Å². The summed E-state index contributed by atoms with van der Waals surface area (Å²) >= 11 is 0. The molecule has 1 aliphatic carbocycles. The lowest BCUT2D eigenvalue weighted by Gasteiger charge is -2.10. The molecule has 0 radical (unpaired) electrons. The summed E-state index contributed by atoms with van der Waals surface area (Å²) in [6, 6.07) is 1.42. The van der Waals surface area contributed by atoms with Crippen LogP contribution in [0.4, 0.5) is 18.9 Å². The van der Waals surface area contributed by atoms with Crippen molar-refractivity contribution in [3.63, 3.8) is 0 Å². The summed E-state index contributed by atoms with van der Waals surface area (Å²) in [7, 11) is -3.86. The second-order valence-electron chi connectivity index (χ2n) is 5.10. The van der Waals surface area contributed by atoms with E-state index in [1.165, 1.54) is 0 Å². The molecule has 4 nitrogen and oxygen atoms in total. The van der Waals surface area contributed by atoms with Gasteiger partial charge >= 0.3 is 0 Å². The van der Waals surface area contributed by atoms with Gasteiger partial charge in [-0.25, -0.2) is 21.6 Å². The van der Waals surface area contributed by atoms with Crippen molar-refractivity contribution in [1.29, 1.82) is 0 Å². The van der Waals surface area contributed by atoms with Gasteiger partial charge < -0.3 is 5.32 Å². The number of sulfonamides is 1. The highest BCUT2D eigenvalue weighted by Gasteiger charge is 2.20. The molecule has 1 fully saturated rings. The van der Waals surface area contributed by atoms with Gasteiger partial charge in [0, 0.05) is 18.2 Å². The molecule has 1 aromatic rings. The number of nitrogens with one attached hydrogen (secondary N) is 2. The molecule has 0 atom stereocenters. The van der Waals surface area contributed by atoms with Gasteiger partial charge in [-0.05, 0) is 32.2 Å². The molecule has 1 saturated carbocycles. The lowest BCUT2D eigenvalue weighted by atomic mass is 10.3. The fraction of sp³-hybridized carbons (Fsp3) is 0.538. The molecule has 21 heavy (non-hydrogen) atoms. The molecule has 0 amide bonds. The summed E-state index contributed by atoms with van der Waals surface area (Å²) < 4.78 is 64.8. The summed E-state index contributed by atoms with van der Waals surface area (Å²) in [6.07, 6.45) is 3.34. The maximum atomic E-state index is 13.4. The molecule has 118 valence electrons. The molecular weight excluding hydrogens is 305 g/mol. The Bertz CT molecular complexity index is 580. The zero-order valence-corrected chi connectivity index (χ0v) is 12.1. The fourth-order valence-corrected chi connectivity index (χ4v) is 3.05. The molecule has 0 bridgehead atoms. The first kappa shape index (κ1) is 16.1. The largest absolute Gasteiger partial charge is 0.314 e. The van der Waals surface area contributed by atoms with E-state index in [0.29, 0.717) is 31.0 Å². The molecule has 2 N–H and O–H groups in total. The molecule has 1 aromatic carbocycles. The van der Waals surface area contributed by atoms with Crippen LogP contribution in [0.2, 0.25) is 0 Å². The van der Waals surface area contributed by atoms with Gasteiger partial charge in [0.05, 0.1) is 5.75 Å². The van der Waals surface area contributed by atoms with E-state index >= 15 is 0 Å². The average Bonchev–Trinajstić information content (AvgIpc) is 3.17. The lowest BCUT2D eigenvalue weighted by molar-refractivity contribution is 0.547. The monoisotopic (exact) mass is 322 g/mol. The Morgan fingerprint density at radius 3 is 2.29 bits per heavy atom. The Morgan fingerprint density at radius 2 is 1.71 bits per heavy atom. The molecule has 0 aromatic heterocycles. The first-order valence-electron chi connectivity index (χ1n) is 6.76. The predicted molar refractivity (Wildman–Crippen MR) is 74.0 cm³/mol. The number of hydrogen-bond donors (Lipinski definition) is 2. The topological polar surface area (TPSA) is 58.2 Å². The average molecular weight is 322 g/mol. The van der Waals surface area contributed by atoms with Gasteiger partial charge in [-0.2, -0.15) is 0 Å². The van der Waals surface area contributed by atoms with Crippen molar-refractivity contribution in [2.75, 3.05) is 17.0 Å². The van der Waals surface area contributed by atoms with Crippen molar-refractivity contribution < 1.29 is 21.6 Å². The van der Waals surface area contributed by atoms with Crippen LogP contribution in [0.1, 0.15) is 25.7 Å². The van der Waals surface area contributed by atoms with E-state index in [9.17, 15) is 21.6 Å². The lowest BCUT2D eigenvalue weighted by Crippen LogP contribution is -2.21. The van der Waals surface area contributed by atoms with E-state index in [0.717, 1.165) is 19.4 Å². The molecule has 0 aliphatic heterocycles. The molecular formula is C13H17F3N2O2S. The minimum Gasteiger partial charge on any atom is -0.314 e. The van der Waals surface area contributed by atoms with Gasteiger partial charge in [0.25, 0.3) is 0 Å². The maximum absolute atomic E-state index is 13.4. The highest BCUT2D eigenvalue weighted by molar-refractivity contribution is 7.92. The summed E-state index contributed by atoms with van der Waals surface area (Å²) in [5.74, 6) is -3.88. The predicted octanol–water partition coefficient (Wildman–Crippen LogP) is 2.38. The van der Waals surface area contributed by atoms with Crippen LogP contribution in [0.3, 0.4) is 0 Å². The van der Waals surface area contributed by atoms with Crippen LogP contribution in [0.5, 0.6) is 0 Å². The summed E-state index contributed by atoms with van der Waals surface area (Å²) in [5, 5.41) is 3.24. The highest BCUT2D eigenvalue weighted by Crippen LogP contribution is 2.22. The van der Waals surface area contributed by atoms with Gasteiger partial charge in [-0.1, -0.05) is 0 Å². The van der Waals surface area contributed by atoms with Gasteiger partial charge in [0.15, 0.2) is 11.6 Å². The third kappa shape index (κ3) is 5.20. The van der Waals surface area contributed by atoms with E-state index in [2.05, 4.69) is 5.32 Å². The molecule has 0 saturated heterocycles. The number of rotatable bonds is 8. The zero-order chi connectivity index (χ0) is 15.5. The standard InChI is InChI=1S/C13H17F3N2O2S/c14-9-7-11(15)13(12(16)8-9)18-21(19,20)6-2-1-5-17-10-3-4-10/h7-8,10,17-18H,1-6H2. The van der Waals surface area contributed by atoms with Crippen molar-refractivity contribution in [2.24, 2.45) is 0 Å². The summed E-state index contributed by atoms with van der Waals surface area (Å²) in [6.45, 7) is 0.722. The first-order valence-corrected chi connectivity index (χ1v) is 8.41. The van der Waals surface area contributed by atoms with Crippen LogP contribution in [-0.4, -0.2) is 26.8 Å². The quantitative estimate of drug-likeness (QED) is 0.723. The minimum absolute atomic E-state index is 0.240. The summed E-state index contributed by atoms with van der Waals surface area (Å²) in [5.41, 5.74) is -0.840. The van der Waals surface area contributed by atoms with Crippen molar-refractivity contribution in [3.8, 4) is 0 Å². The van der Waals surface area contributed by atoms with Crippen LogP contribution < -0.4 is 10.0 Å². The zero-order valence-electron chi connectivity index (χ0n) is 11.3. The van der Waals surface area contributed by atoms with Crippen molar-refractivity contribution in [3.05, 3.63) is 29.6 Å². The number of anilines is 1. The SMILES string of the molecule is O=S(=O)(CCCCNC1CC1)Nc1c(F)cc(F)cc1F. The van der Waals surface area contributed by atoms with Crippen LogP contribution in [-0.2, 0) is 10.0 Å². The van der Waals surface area contributed by atoms with Gasteiger partial charge in [-0.3, -0.25) is 4.72 Å². The molecule has 2 rings (SSSR count). The normalized spacial score (nSPS) is 15.2. The van der Waals surface area contributed by atoms with Crippen LogP contribution in [0, 0.1) is 17.5 Å². The van der Waals surface area contributed by atoms with Crippen LogP contribution in [0.25, 0.3) is 0 Å². The second kappa shape index (κ2) is 6.65. The van der Waals surface area contributed by atoms with E-state index in [-0.39, 0.29) is 5.75 Å². The van der Waals surface area contributed by atoms with E-state index in [4.69, 9.17) is 0 Å². The van der Waals surface area contributed by atoms with Crippen molar-refractivity contribution in [2.45, 2.75) is 31.7 Å². The number of unbranched alkanes of at least 4 members (excludes halogenated alkanes) is 1. The van der Waals surface area contributed by atoms with Crippen LogP contribution in [0.15, 0.2) is 12.1 Å². The van der Waals surface area contributed by atoms with Crippen LogP contribution >= 0.6 is 0 Å². The van der Waals surface area contributed by atoms with E-state index < -0.39 is 33.2 Å². The number of hydrogen-bond acceptors (Lipinski definition) is 3. The maximum Gasteiger partial charge on any atom is 0.232 e. The van der Waals surface area contributed by atoms with Gasteiger partial charge in [-0.15, -0.1) is 0 Å². The third-order valence-corrected chi connectivity index (χ3v) is 4.46. The molecule has 0 unspecified atom stereocenters. The Morgan fingerprint density at radius 1 is 1.10 bits per heavy atom. The number of halogens is 3. The van der Waals surface area contributed by atoms with Gasteiger partial charge in [0.1, 0.15) is 11.5 Å². The molecule has 8 heteroatoms. The Hall–Kier alpha value is -1.28.